The van der Waals surface area contributed by atoms with Gasteiger partial charge in [0.1, 0.15) is 37.3 Å². The number of carbonyl (C=O) groups is 10. The maximum absolute atomic E-state index is 13.7. The number of ether oxygens (including phenoxy) is 10. The summed E-state index contributed by atoms with van der Waals surface area (Å²) in [6, 6.07) is -0.765. The van der Waals surface area contributed by atoms with Crippen LogP contribution in [0, 0.1) is 23.7 Å². The molecule has 0 bridgehead atoms. The molecule has 0 radical (unpaired) electrons. The number of hydrogen-bond donors (Lipinski definition) is 4. The van der Waals surface area contributed by atoms with Gasteiger partial charge in [-0.05, 0) is 33.6 Å². The van der Waals surface area contributed by atoms with Gasteiger partial charge in [-0.25, -0.2) is 19.6 Å². The highest BCUT2D eigenvalue weighted by molar-refractivity contribution is 5.99. The standard InChI is InChI=1S/C46H58N4O22/c1-20(2)41(57)71-37-23(5)69-45(61)28(50-40(56)34-36(54)30(64-8)13-15-48-34)19-67-44(60)26(37)17-32(52)68-22(4)11-10-21(3)42(58)72-38-24(6)70-46(62)27(18-66-43(59)25(38)16-31(51)65-9)49-39(55)33-35(53)29(63-7)12-14-47-33/h12-15,20-28,37-38,53-54H,10-11,16-19H2,1-9H3,(H,49,55)(H,50,56). The van der Waals surface area contributed by atoms with Crippen molar-refractivity contribution in [2.24, 2.45) is 23.7 Å². The molecule has 4 heterocycles. The van der Waals surface area contributed by atoms with E-state index in [1.54, 1.807) is 0 Å². The minimum absolute atomic E-state index is 0.00209. The number of nitrogens with zero attached hydrogens (tertiary/aromatic N) is 2. The van der Waals surface area contributed by atoms with Crippen LogP contribution in [-0.4, -0.2) is 157 Å². The molecule has 0 spiro atoms. The lowest BCUT2D eigenvalue weighted by Gasteiger charge is -2.30. The fourth-order valence-corrected chi connectivity index (χ4v) is 7.11. The second-order valence-corrected chi connectivity index (χ2v) is 17.0. The van der Waals surface area contributed by atoms with Crippen LogP contribution < -0.4 is 20.1 Å². The smallest absolute Gasteiger partial charge is 0.332 e. The van der Waals surface area contributed by atoms with E-state index >= 15 is 0 Å². The van der Waals surface area contributed by atoms with Crippen LogP contribution >= 0.6 is 0 Å². The molecular weight excluding hydrogens is 961 g/mol. The van der Waals surface area contributed by atoms with E-state index in [0.29, 0.717) is 0 Å². The van der Waals surface area contributed by atoms with E-state index < -0.39 is 175 Å². The Balaban J connectivity index is 1.43. The molecule has 394 valence electrons. The first-order valence-corrected chi connectivity index (χ1v) is 22.5. The Bertz CT molecular complexity index is 2360. The summed E-state index contributed by atoms with van der Waals surface area (Å²) in [7, 11) is 3.52. The number of esters is 8. The van der Waals surface area contributed by atoms with Crippen molar-refractivity contribution in [3.8, 4) is 23.0 Å². The lowest BCUT2D eigenvalue weighted by atomic mass is 9.94. The normalized spacial score (nSPS) is 23.4. The van der Waals surface area contributed by atoms with Crippen LogP contribution in [0.5, 0.6) is 23.0 Å². The van der Waals surface area contributed by atoms with Gasteiger partial charge >= 0.3 is 47.8 Å². The summed E-state index contributed by atoms with van der Waals surface area (Å²) in [5.41, 5.74) is -1.06. The zero-order valence-corrected chi connectivity index (χ0v) is 40.9. The molecule has 4 N–H and O–H groups in total. The van der Waals surface area contributed by atoms with Crippen LogP contribution in [0.15, 0.2) is 24.5 Å². The van der Waals surface area contributed by atoms with Gasteiger partial charge in [-0.3, -0.25) is 38.4 Å². The third-order valence-electron chi connectivity index (χ3n) is 11.3. The topological polar surface area (TPSA) is 353 Å². The fraction of sp³-hybridized carbons (Fsp3) is 0.565. The molecule has 2 saturated heterocycles. The molecule has 2 aromatic heterocycles. The Labute approximate surface area is 411 Å². The SMILES string of the molecule is COC(=O)CC1C(=O)OCC(NC(=O)c2nccc(OC)c2O)C(=O)OC(C)C1OC(=O)C(C)CCC(C)OC(=O)CC1C(=O)OCC(NC(=O)c2nccc(OC)c2O)C(=O)OC(C)C1OC(=O)C(C)C. The number of aromatic nitrogens is 2. The van der Waals surface area contributed by atoms with Gasteiger partial charge in [0.25, 0.3) is 11.8 Å². The van der Waals surface area contributed by atoms with E-state index in [9.17, 15) is 58.2 Å². The molecule has 10 atom stereocenters. The molecule has 26 nitrogen and oxygen atoms in total. The van der Waals surface area contributed by atoms with E-state index in [-0.39, 0.29) is 24.3 Å². The first-order chi connectivity index (χ1) is 34.0. The van der Waals surface area contributed by atoms with Gasteiger partial charge < -0.3 is 68.2 Å². The quantitative estimate of drug-likeness (QED) is 0.118. The van der Waals surface area contributed by atoms with Gasteiger partial charge in [-0.2, -0.15) is 0 Å². The minimum atomic E-state index is -1.66. The maximum atomic E-state index is 13.7. The molecular formula is C46H58N4O22. The Morgan fingerprint density at radius 2 is 1.08 bits per heavy atom. The van der Waals surface area contributed by atoms with Crippen LogP contribution in [0.3, 0.4) is 0 Å². The van der Waals surface area contributed by atoms with Gasteiger partial charge in [0.15, 0.2) is 58.7 Å². The molecule has 0 aromatic carbocycles. The lowest BCUT2D eigenvalue weighted by Crippen LogP contribution is -2.47. The molecule has 2 aliphatic heterocycles. The molecule has 2 aromatic rings. The van der Waals surface area contributed by atoms with E-state index in [1.807, 2.05) is 0 Å². The number of methoxy groups -OCH3 is 3. The molecule has 2 aliphatic rings. The van der Waals surface area contributed by atoms with Crippen LogP contribution in [0.1, 0.15) is 88.2 Å². The molecule has 4 rings (SSSR count). The van der Waals surface area contributed by atoms with Crippen molar-refractivity contribution in [3.63, 3.8) is 0 Å². The van der Waals surface area contributed by atoms with Crippen LogP contribution in [0.25, 0.3) is 0 Å². The molecule has 2 amide bonds. The Hall–Kier alpha value is -7.80. The maximum Gasteiger partial charge on any atom is 0.332 e. The van der Waals surface area contributed by atoms with E-state index in [2.05, 4.69) is 20.6 Å². The second-order valence-electron chi connectivity index (χ2n) is 17.0. The third kappa shape index (κ3) is 14.9. The zero-order chi connectivity index (χ0) is 53.6. The predicted octanol–water partition coefficient (Wildman–Crippen LogP) is 0.792. The average molecular weight is 1020 g/mol. The van der Waals surface area contributed by atoms with E-state index in [1.165, 1.54) is 67.9 Å². The Kier molecular flexibility index (Phi) is 20.4. The number of nitrogens with one attached hydrogen (secondary N) is 2. The minimum Gasteiger partial charge on any atom is -0.503 e. The molecule has 72 heavy (non-hydrogen) atoms. The van der Waals surface area contributed by atoms with Crippen molar-refractivity contribution in [1.82, 2.24) is 20.6 Å². The summed E-state index contributed by atoms with van der Waals surface area (Å²) >= 11 is 0. The van der Waals surface area contributed by atoms with E-state index in [4.69, 9.17) is 47.4 Å². The number of cyclic esters (lactones) is 4. The lowest BCUT2D eigenvalue weighted by molar-refractivity contribution is -0.180. The number of hydrogen-bond acceptors (Lipinski definition) is 24. The summed E-state index contributed by atoms with van der Waals surface area (Å²) in [5.74, 6) is -16.7. The highest BCUT2D eigenvalue weighted by atomic mass is 16.6. The van der Waals surface area contributed by atoms with Crippen molar-refractivity contribution >= 4 is 59.6 Å². The van der Waals surface area contributed by atoms with Gasteiger partial charge in [0.05, 0.1) is 52.1 Å². The highest BCUT2D eigenvalue weighted by Gasteiger charge is 2.46. The van der Waals surface area contributed by atoms with Crippen molar-refractivity contribution in [1.29, 1.82) is 0 Å². The van der Waals surface area contributed by atoms with Crippen molar-refractivity contribution in [2.45, 2.75) is 110 Å². The third-order valence-corrected chi connectivity index (χ3v) is 11.3. The summed E-state index contributed by atoms with van der Waals surface area (Å²) in [6.45, 7) is 6.86. The zero-order valence-electron chi connectivity index (χ0n) is 40.9. The van der Waals surface area contributed by atoms with Gasteiger partial charge in [-0.1, -0.05) is 20.8 Å². The number of pyridine rings is 2. The van der Waals surface area contributed by atoms with Crippen LogP contribution in [-0.2, 0) is 76.3 Å². The number of aromatic hydroxyl groups is 2. The summed E-state index contributed by atoms with van der Waals surface area (Å²) < 4.78 is 53.3. The Morgan fingerprint density at radius 1 is 0.653 bits per heavy atom. The molecule has 0 aliphatic carbocycles. The predicted molar refractivity (Wildman–Crippen MR) is 237 cm³/mol. The first-order valence-electron chi connectivity index (χ1n) is 22.5. The van der Waals surface area contributed by atoms with E-state index in [0.717, 1.165) is 19.5 Å². The summed E-state index contributed by atoms with van der Waals surface area (Å²) in [4.78, 5) is 140. The largest absolute Gasteiger partial charge is 0.503 e. The van der Waals surface area contributed by atoms with Gasteiger partial charge in [0.2, 0.25) is 0 Å². The van der Waals surface area contributed by atoms with Crippen molar-refractivity contribution in [2.75, 3.05) is 34.5 Å². The number of carbonyl (C=O) groups excluding carboxylic acids is 10. The van der Waals surface area contributed by atoms with Crippen LogP contribution in [0.2, 0.25) is 0 Å². The molecule has 26 heteroatoms. The number of rotatable bonds is 18. The van der Waals surface area contributed by atoms with Gasteiger partial charge in [-0.15, -0.1) is 0 Å². The average Bonchev–Trinajstić information content (AvgIpc) is 3.39. The highest BCUT2D eigenvalue weighted by Crippen LogP contribution is 2.31. The monoisotopic (exact) mass is 1020 g/mol. The number of amides is 2. The van der Waals surface area contributed by atoms with Crippen molar-refractivity contribution in [3.05, 3.63) is 35.9 Å². The summed E-state index contributed by atoms with van der Waals surface area (Å²) in [5, 5.41) is 25.4. The molecule has 2 fully saturated rings. The van der Waals surface area contributed by atoms with Crippen LogP contribution in [0.4, 0.5) is 0 Å². The molecule has 0 saturated carbocycles. The second kappa shape index (κ2) is 25.9. The van der Waals surface area contributed by atoms with Gasteiger partial charge in [0, 0.05) is 24.5 Å². The fourth-order valence-electron chi connectivity index (χ4n) is 7.11. The van der Waals surface area contributed by atoms with Crippen molar-refractivity contribution < 1.29 is 106 Å². The summed E-state index contributed by atoms with van der Waals surface area (Å²) in [6.07, 6.45) is -6.17. The molecule has 10 unspecified atom stereocenters. The first kappa shape index (κ1) is 56.8. The Morgan fingerprint density at radius 3 is 1.50 bits per heavy atom.